The summed E-state index contributed by atoms with van der Waals surface area (Å²) in [4.78, 5) is 2.48. The summed E-state index contributed by atoms with van der Waals surface area (Å²) >= 11 is 0. The lowest BCUT2D eigenvalue weighted by Crippen LogP contribution is -2.43. The fourth-order valence-corrected chi connectivity index (χ4v) is 5.89. The highest BCUT2D eigenvalue weighted by Crippen LogP contribution is 2.58. The van der Waals surface area contributed by atoms with Crippen molar-refractivity contribution < 1.29 is 0 Å². The van der Waals surface area contributed by atoms with Gasteiger partial charge < -0.3 is 10.2 Å². The van der Waals surface area contributed by atoms with Gasteiger partial charge in [0.2, 0.25) is 0 Å². The van der Waals surface area contributed by atoms with E-state index in [1.54, 1.807) is 19.3 Å². The number of fused-ring (bicyclic) bond motifs is 5. The number of likely N-dealkylation sites (tertiary alicyclic amines) is 1. The van der Waals surface area contributed by atoms with Crippen molar-refractivity contribution in [3.63, 3.8) is 0 Å². The first-order valence-electron chi connectivity index (χ1n) is 8.73. The van der Waals surface area contributed by atoms with Crippen molar-refractivity contribution in [3.05, 3.63) is 0 Å². The highest BCUT2D eigenvalue weighted by Gasteiger charge is 2.53. The molecular formula is C17H30N2. The van der Waals surface area contributed by atoms with E-state index in [0.717, 1.165) is 35.6 Å². The summed E-state index contributed by atoms with van der Waals surface area (Å²) in [5, 5.41) is 3.99. The van der Waals surface area contributed by atoms with Gasteiger partial charge in [-0.25, -0.2) is 0 Å². The Morgan fingerprint density at radius 2 is 1.74 bits per heavy atom. The SMILES string of the molecule is CN1CCC(CN[C@@H]2C[C@H]3C[C@H]2[C@H]2CCC[C@H]32)CC1. The van der Waals surface area contributed by atoms with E-state index >= 15 is 0 Å². The van der Waals surface area contributed by atoms with E-state index in [4.69, 9.17) is 0 Å². The maximum Gasteiger partial charge on any atom is 0.0101 e. The minimum Gasteiger partial charge on any atom is -0.313 e. The molecule has 0 aromatic rings. The Labute approximate surface area is 118 Å². The maximum absolute atomic E-state index is 3.99. The number of hydrogen-bond acceptors (Lipinski definition) is 2. The van der Waals surface area contributed by atoms with Gasteiger partial charge in [0.1, 0.15) is 0 Å². The predicted molar refractivity (Wildman–Crippen MR) is 79.1 cm³/mol. The molecule has 0 aromatic heterocycles. The van der Waals surface area contributed by atoms with Gasteiger partial charge in [0.25, 0.3) is 0 Å². The molecule has 0 radical (unpaired) electrons. The number of piperidine rings is 1. The average Bonchev–Trinajstić information content (AvgIpc) is 3.10. The highest BCUT2D eigenvalue weighted by molar-refractivity contribution is 5.05. The van der Waals surface area contributed by atoms with Crippen LogP contribution >= 0.6 is 0 Å². The first-order chi connectivity index (χ1) is 9.31. The zero-order valence-corrected chi connectivity index (χ0v) is 12.5. The van der Waals surface area contributed by atoms with Gasteiger partial charge in [-0.05, 0) is 94.8 Å². The van der Waals surface area contributed by atoms with Crippen LogP contribution in [0.4, 0.5) is 0 Å². The minimum atomic E-state index is 0.893. The number of nitrogens with one attached hydrogen (secondary N) is 1. The Bertz CT molecular complexity index is 321. The van der Waals surface area contributed by atoms with Crippen LogP contribution in [-0.4, -0.2) is 37.6 Å². The molecule has 0 amide bonds. The molecule has 3 aliphatic carbocycles. The van der Waals surface area contributed by atoms with Crippen molar-refractivity contribution in [2.45, 2.75) is 51.0 Å². The van der Waals surface area contributed by atoms with Crippen LogP contribution in [0.5, 0.6) is 0 Å². The number of rotatable bonds is 3. The van der Waals surface area contributed by atoms with E-state index in [-0.39, 0.29) is 0 Å². The minimum absolute atomic E-state index is 0.893. The maximum atomic E-state index is 3.99. The monoisotopic (exact) mass is 262 g/mol. The number of nitrogens with zero attached hydrogens (tertiary/aromatic N) is 1. The first-order valence-corrected chi connectivity index (χ1v) is 8.73. The standard InChI is InChI=1S/C17H30N2/c1-19-7-5-12(6-8-19)11-18-17-10-13-9-16(17)15-4-2-3-14(13)15/h12-18H,2-11H2,1H3/t13-,14-,15+,16+,17-/m1/s1. The van der Waals surface area contributed by atoms with Gasteiger partial charge in [-0.1, -0.05) is 6.42 Å². The Morgan fingerprint density at radius 1 is 0.947 bits per heavy atom. The lowest BCUT2D eigenvalue weighted by molar-refractivity contribution is 0.181. The molecule has 3 saturated carbocycles. The zero-order chi connectivity index (χ0) is 12.8. The van der Waals surface area contributed by atoms with Crippen molar-refractivity contribution >= 4 is 0 Å². The molecule has 1 heterocycles. The van der Waals surface area contributed by atoms with Crippen LogP contribution < -0.4 is 5.32 Å². The quantitative estimate of drug-likeness (QED) is 0.841. The van der Waals surface area contributed by atoms with Crippen LogP contribution in [-0.2, 0) is 0 Å². The third kappa shape index (κ3) is 2.25. The van der Waals surface area contributed by atoms with Crippen LogP contribution in [0.1, 0.15) is 44.9 Å². The molecule has 2 bridgehead atoms. The van der Waals surface area contributed by atoms with Crippen molar-refractivity contribution in [2.24, 2.45) is 29.6 Å². The van der Waals surface area contributed by atoms with Crippen LogP contribution in [0.2, 0.25) is 0 Å². The molecule has 0 aromatic carbocycles. The fourth-order valence-electron chi connectivity index (χ4n) is 5.89. The smallest absolute Gasteiger partial charge is 0.0101 e. The zero-order valence-electron chi connectivity index (χ0n) is 12.5. The Hall–Kier alpha value is -0.0800. The molecule has 108 valence electrons. The van der Waals surface area contributed by atoms with E-state index in [2.05, 4.69) is 17.3 Å². The second-order valence-corrected chi connectivity index (χ2v) is 7.92. The lowest BCUT2D eigenvalue weighted by atomic mass is 9.79. The first kappa shape index (κ1) is 12.6. The Kier molecular flexibility index (Phi) is 3.35. The van der Waals surface area contributed by atoms with Crippen molar-refractivity contribution in [3.8, 4) is 0 Å². The largest absolute Gasteiger partial charge is 0.313 e. The summed E-state index contributed by atoms with van der Waals surface area (Å²) in [7, 11) is 2.26. The predicted octanol–water partition coefficient (Wildman–Crippen LogP) is 2.74. The molecule has 4 aliphatic rings. The van der Waals surface area contributed by atoms with E-state index in [1.807, 2.05) is 0 Å². The average molecular weight is 262 g/mol. The van der Waals surface area contributed by atoms with Crippen LogP contribution in [0.25, 0.3) is 0 Å². The topological polar surface area (TPSA) is 15.3 Å². The van der Waals surface area contributed by atoms with Gasteiger partial charge in [0.15, 0.2) is 0 Å². The molecule has 1 saturated heterocycles. The van der Waals surface area contributed by atoms with E-state index < -0.39 is 0 Å². The molecule has 0 spiro atoms. The second-order valence-electron chi connectivity index (χ2n) is 7.92. The van der Waals surface area contributed by atoms with Crippen molar-refractivity contribution in [2.75, 3.05) is 26.7 Å². The van der Waals surface area contributed by atoms with Gasteiger partial charge in [-0.15, -0.1) is 0 Å². The Morgan fingerprint density at radius 3 is 2.58 bits per heavy atom. The van der Waals surface area contributed by atoms with Crippen LogP contribution in [0.3, 0.4) is 0 Å². The molecule has 2 heteroatoms. The third-order valence-corrected chi connectivity index (χ3v) is 6.94. The molecule has 4 fully saturated rings. The molecule has 5 atom stereocenters. The molecule has 2 nitrogen and oxygen atoms in total. The summed E-state index contributed by atoms with van der Waals surface area (Å²) in [5.41, 5.74) is 0. The molecule has 19 heavy (non-hydrogen) atoms. The fraction of sp³-hybridized carbons (Fsp3) is 1.00. The van der Waals surface area contributed by atoms with Crippen molar-refractivity contribution in [1.29, 1.82) is 0 Å². The molecular weight excluding hydrogens is 232 g/mol. The normalized spacial score (nSPS) is 46.9. The molecule has 1 aliphatic heterocycles. The van der Waals surface area contributed by atoms with Gasteiger partial charge in [0, 0.05) is 6.04 Å². The van der Waals surface area contributed by atoms with Gasteiger partial charge >= 0.3 is 0 Å². The van der Waals surface area contributed by atoms with E-state index in [0.29, 0.717) is 0 Å². The number of hydrogen-bond donors (Lipinski definition) is 1. The van der Waals surface area contributed by atoms with Crippen LogP contribution in [0.15, 0.2) is 0 Å². The summed E-state index contributed by atoms with van der Waals surface area (Å²) in [6.45, 7) is 3.93. The van der Waals surface area contributed by atoms with Gasteiger partial charge in [-0.3, -0.25) is 0 Å². The molecule has 1 N–H and O–H groups in total. The summed E-state index contributed by atoms with van der Waals surface area (Å²) in [6, 6.07) is 0.893. The van der Waals surface area contributed by atoms with E-state index in [1.165, 1.54) is 45.3 Å². The van der Waals surface area contributed by atoms with E-state index in [9.17, 15) is 0 Å². The lowest BCUT2D eigenvalue weighted by Gasteiger charge is -2.35. The van der Waals surface area contributed by atoms with Gasteiger partial charge in [-0.2, -0.15) is 0 Å². The summed E-state index contributed by atoms with van der Waals surface area (Å²) < 4.78 is 0. The molecule has 4 rings (SSSR count). The third-order valence-electron chi connectivity index (χ3n) is 6.94. The second kappa shape index (κ2) is 5.04. The van der Waals surface area contributed by atoms with Crippen molar-refractivity contribution in [1.82, 2.24) is 10.2 Å². The summed E-state index contributed by atoms with van der Waals surface area (Å²) in [5.74, 6) is 5.38. The molecule has 0 unspecified atom stereocenters. The van der Waals surface area contributed by atoms with Gasteiger partial charge in [0.05, 0.1) is 0 Å². The summed E-state index contributed by atoms with van der Waals surface area (Å²) in [6.07, 6.45) is 10.6. The Balaban J connectivity index is 1.28. The van der Waals surface area contributed by atoms with Crippen LogP contribution in [0, 0.1) is 29.6 Å². The highest BCUT2D eigenvalue weighted by atomic mass is 15.1.